The number of aliphatic hydroxyl groups is 1. The van der Waals surface area contributed by atoms with E-state index in [2.05, 4.69) is 4.72 Å². The Kier molecular flexibility index (Phi) is 4.53. The number of hydrogen-bond donors (Lipinski definition) is 2. The molecular weight excluding hydrogens is 238 g/mol. The van der Waals surface area contributed by atoms with E-state index in [9.17, 15) is 8.42 Å². The zero-order chi connectivity index (χ0) is 11.3. The monoisotopic (exact) mass is 249 g/mol. The number of benzene rings is 1. The Hall–Kier alpha value is -0.620. The first-order chi connectivity index (χ1) is 7.02. The van der Waals surface area contributed by atoms with Crippen LogP contribution in [-0.2, 0) is 10.0 Å². The number of nitrogens with one attached hydrogen (secondary N) is 1. The first-order valence-corrected chi connectivity index (χ1v) is 6.31. The van der Waals surface area contributed by atoms with E-state index in [0.29, 0.717) is 0 Å². The lowest BCUT2D eigenvalue weighted by atomic mass is 10.4. The van der Waals surface area contributed by atoms with Crippen LogP contribution < -0.4 is 4.72 Å². The van der Waals surface area contributed by atoms with Crippen LogP contribution in [0.15, 0.2) is 35.2 Å². The molecule has 1 atom stereocenters. The first-order valence-electron chi connectivity index (χ1n) is 4.39. The Morgan fingerprint density at radius 3 is 2.47 bits per heavy atom. The van der Waals surface area contributed by atoms with Crippen molar-refractivity contribution in [1.29, 1.82) is 0 Å². The summed E-state index contributed by atoms with van der Waals surface area (Å²) in [6, 6.07) is 8.02. The minimum absolute atomic E-state index is 0.113. The van der Waals surface area contributed by atoms with Gasteiger partial charge in [0.05, 0.1) is 4.90 Å². The Morgan fingerprint density at radius 1 is 1.33 bits per heavy atom. The van der Waals surface area contributed by atoms with Gasteiger partial charge in [-0.15, -0.1) is 0 Å². The summed E-state index contributed by atoms with van der Waals surface area (Å²) < 4.78 is 25.5. The van der Waals surface area contributed by atoms with E-state index < -0.39 is 15.6 Å². The van der Waals surface area contributed by atoms with Crippen LogP contribution in [0.1, 0.15) is 6.42 Å². The van der Waals surface area contributed by atoms with Crippen molar-refractivity contribution in [3.05, 3.63) is 30.3 Å². The van der Waals surface area contributed by atoms with Crippen LogP contribution in [0.25, 0.3) is 0 Å². The van der Waals surface area contributed by atoms with Crippen molar-refractivity contribution in [1.82, 2.24) is 4.72 Å². The van der Waals surface area contributed by atoms with Crippen molar-refractivity contribution in [2.75, 3.05) is 6.54 Å². The highest BCUT2D eigenvalue weighted by atomic mass is 35.5. The SMILES string of the molecule is O=S(=O)(NCCC(O)Cl)c1ccccc1. The summed E-state index contributed by atoms with van der Waals surface area (Å²) in [4.78, 5) is 0.203. The van der Waals surface area contributed by atoms with Crippen molar-refractivity contribution in [3.8, 4) is 0 Å². The Balaban J connectivity index is 2.61. The summed E-state index contributed by atoms with van der Waals surface area (Å²) in [6.45, 7) is 0.113. The molecule has 0 saturated carbocycles. The van der Waals surface area contributed by atoms with Crippen molar-refractivity contribution >= 4 is 21.6 Å². The lowest BCUT2D eigenvalue weighted by molar-refractivity contribution is 0.247. The highest BCUT2D eigenvalue weighted by Crippen LogP contribution is 2.07. The summed E-state index contributed by atoms with van der Waals surface area (Å²) in [5.74, 6) is 0. The molecule has 0 aromatic heterocycles. The first kappa shape index (κ1) is 12.4. The van der Waals surface area contributed by atoms with Crippen LogP contribution in [0.2, 0.25) is 0 Å². The van der Waals surface area contributed by atoms with Gasteiger partial charge < -0.3 is 5.11 Å². The third kappa shape index (κ3) is 4.17. The molecule has 4 nitrogen and oxygen atoms in total. The molecule has 6 heteroatoms. The molecule has 0 spiro atoms. The van der Waals surface area contributed by atoms with E-state index in [1.165, 1.54) is 12.1 Å². The largest absolute Gasteiger partial charge is 0.378 e. The number of sulfonamides is 1. The molecule has 0 amide bonds. The maximum Gasteiger partial charge on any atom is 0.240 e. The fourth-order valence-corrected chi connectivity index (χ4v) is 2.17. The van der Waals surface area contributed by atoms with Crippen LogP contribution in [0.5, 0.6) is 0 Å². The third-order valence-corrected chi connectivity index (χ3v) is 3.42. The summed E-state index contributed by atoms with van der Waals surface area (Å²) in [7, 11) is -3.48. The number of hydrogen-bond acceptors (Lipinski definition) is 3. The Morgan fingerprint density at radius 2 is 1.93 bits per heavy atom. The second-order valence-corrected chi connectivity index (χ2v) is 5.20. The average molecular weight is 250 g/mol. The molecular formula is C9H12ClNO3S. The molecule has 2 N–H and O–H groups in total. The lowest BCUT2D eigenvalue weighted by Gasteiger charge is -2.06. The summed E-state index contributed by atoms with van der Waals surface area (Å²) in [5, 5.41) is 8.75. The maximum atomic E-state index is 11.6. The molecule has 1 aromatic carbocycles. The number of aliphatic hydroxyl groups excluding tert-OH is 1. The molecule has 0 aliphatic rings. The van der Waals surface area contributed by atoms with E-state index in [0.717, 1.165) is 0 Å². The zero-order valence-electron chi connectivity index (χ0n) is 7.93. The summed E-state index contributed by atoms with van der Waals surface area (Å²) >= 11 is 5.27. The van der Waals surface area contributed by atoms with Gasteiger partial charge in [-0.2, -0.15) is 0 Å². The van der Waals surface area contributed by atoms with Gasteiger partial charge in [0, 0.05) is 13.0 Å². The third-order valence-electron chi connectivity index (χ3n) is 1.73. The fraction of sp³-hybridized carbons (Fsp3) is 0.333. The van der Waals surface area contributed by atoms with Gasteiger partial charge >= 0.3 is 0 Å². The number of rotatable bonds is 5. The standard InChI is InChI=1S/C9H12ClNO3S/c10-9(12)6-7-11-15(13,14)8-4-2-1-3-5-8/h1-5,9,11-12H,6-7H2. The van der Waals surface area contributed by atoms with E-state index in [1.54, 1.807) is 18.2 Å². The molecule has 1 unspecified atom stereocenters. The molecule has 0 saturated heterocycles. The lowest BCUT2D eigenvalue weighted by Crippen LogP contribution is -2.26. The van der Waals surface area contributed by atoms with Crippen molar-refractivity contribution in [2.24, 2.45) is 0 Å². The Bertz CT molecular complexity index is 391. The fourth-order valence-electron chi connectivity index (χ4n) is 0.995. The summed E-state index contributed by atoms with van der Waals surface area (Å²) in [6.07, 6.45) is 0.174. The van der Waals surface area contributed by atoms with E-state index in [1.807, 2.05) is 0 Å². The molecule has 1 aromatic rings. The van der Waals surface area contributed by atoms with Crippen LogP contribution in [0, 0.1) is 0 Å². The minimum Gasteiger partial charge on any atom is -0.378 e. The molecule has 15 heavy (non-hydrogen) atoms. The Labute approximate surface area is 93.9 Å². The molecule has 1 rings (SSSR count). The molecule has 0 bridgehead atoms. The van der Waals surface area contributed by atoms with E-state index in [-0.39, 0.29) is 17.9 Å². The van der Waals surface area contributed by atoms with Crippen molar-refractivity contribution < 1.29 is 13.5 Å². The molecule has 0 aliphatic carbocycles. The van der Waals surface area contributed by atoms with E-state index in [4.69, 9.17) is 16.7 Å². The normalized spacial score (nSPS) is 13.7. The number of alkyl halides is 1. The number of halogens is 1. The second-order valence-electron chi connectivity index (χ2n) is 2.93. The van der Waals surface area contributed by atoms with Gasteiger partial charge in [0.1, 0.15) is 5.56 Å². The van der Waals surface area contributed by atoms with E-state index >= 15 is 0 Å². The predicted molar refractivity (Wildman–Crippen MR) is 58.1 cm³/mol. The van der Waals surface area contributed by atoms with Gasteiger partial charge in [0.15, 0.2) is 0 Å². The molecule has 0 fully saturated rings. The predicted octanol–water partition coefficient (Wildman–Crippen LogP) is 0.912. The maximum absolute atomic E-state index is 11.6. The van der Waals surface area contributed by atoms with Crippen LogP contribution in [0.3, 0.4) is 0 Å². The molecule has 0 aliphatic heterocycles. The highest BCUT2D eigenvalue weighted by Gasteiger charge is 2.12. The van der Waals surface area contributed by atoms with Gasteiger partial charge in [-0.3, -0.25) is 0 Å². The van der Waals surface area contributed by atoms with Gasteiger partial charge in [0.25, 0.3) is 0 Å². The van der Waals surface area contributed by atoms with Gasteiger partial charge in [-0.1, -0.05) is 29.8 Å². The average Bonchev–Trinajstić information content (AvgIpc) is 2.18. The van der Waals surface area contributed by atoms with Gasteiger partial charge in [-0.05, 0) is 12.1 Å². The van der Waals surface area contributed by atoms with Crippen molar-refractivity contribution in [2.45, 2.75) is 16.9 Å². The van der Waals surface area contributed by atoms with Crippen LogP contribution in [-0.4, -0.2) is 25.6 Å². The molecule has 0 heterocycles. The van der Waals surface area contributed by atoms with Crippen LogP contribution in [0.4, 0.5) is 0 Å². The second kappa shape index (κ2) is 5.46. The minimum atomic E-state index is -3.48. The topological polar surface area (TPSA) is 66.4 Å². The quantitative estimate of drug-likeness (QED) is 0.763. The van der Waals surface area contributed by atoms with Gasteiger partial charge in [-0.25, -0.2) is 13.1 Å². The summed E-state index contributed by atoms with van der Waals surface area (Å²) in [5.41, 5.74) is -1.02. The smallest absolute Gasteiger partial charge is 0.240 e. The van der Waals surface area contributed by atoms with Gasteiger partial charge in [0.2, 0.25) is 10.0 Å². The molecule has 0 radical (unpaired) electrons. The highest BCUT2D eigenvalue weighted by molar-refractivity contribution is 7.89. The van der Waals surface area contributed by atoms with Crippen LogP contribution >= 0.6 is 11.6 Å². The van der Waals surface area contributed by atoms with Crippen molar-refractivity contribution in [3.63, 3.8) is 0 Å². The molecule has 84 valence electrons. The zero-order valence-corrected chi connectivity index (χ0v) is 9.50.